The number of aliphatic hydroxyl groups is 1. The highest BCUT2D eigenvalue weighted by molar-refractivity contribution is 6.46. The van der Waals surface area contributed by atoms with Crippen molar-refractivity contribution in [2.45, 2.75) is 19.4 Å². The Morgan fingerprint density at radius 1 is 1.10 bits per heavy atom. The number of hydrogen-bond acceptors (Lipinski definition) is 6. The van der Waals surface area contributed by atoms with Crippen LogP contribution in [-0.2, 0) is 19.1 Å². The van der Waals surface area contributed by atoms with Gasteiger partial charge >= 0.3 is 5.97 Å². The van der Waals surface area contributed by atoms with Gasteiger partial charge in [-0.25, -0.2) is 4.39 Å². The number of benzene rings is 2. The Hall–Kier alpha value is -3.52. The Bertz CT molecular complexity index is 1010. The lowest BCUT2D eigenvalue weighted by molar-refractivity contribution is -0.140. The number of carbonyl (C=O) groups excluding carboxylic acids is 3. The Morgan fingerprint density at radius 3 is 2.32 bits per heavy atom. The molecule has 2 aromatic carbocycles. The van der Waals surface area contributed by atoms with E-state index in [1.807, 2.05) is 0 Å². The van der Waals surface area contributed by atoms with E-state index in [2.05, 4.69) is 0 Å². The molecule has 0 saturated carbocycles. The van der Waals surface area contributed by atoms with Gasteiger partial charge in [0.1, 0.15) is 17.3 Å². The number of nitrogens with zero attached hydrogens (tertiary/aromatic N) is 1. The molecule has 1 atom stereocenters. The van der Waals surface area contributed by atoms with E-state index in [1.165, 1.54) is 31.1 Å². The zero-order chi connectivity index (χ0) is 22.5. The maximum Gasteiger partial charge on any atom is 0.308 e. The first-order chi connectivity index (χ1) is 14.8. The SMILES string of the molecule is COCCCN1C(=O)C(=O)/C(=C(\O)c2ccc(F)cc2)C1c1ccc(OC(C)=O)cc1. The molecule has 7 nitrogen and oxygen atoms in total. The van der Waals surface area contributed by atoms with Gasteiger partial charge in [0.15, 0.2) is 0 Å². The molecule has 0 aromatic heterocycles. The lowest BCUT2D eigenvalue weighted by atomic mass is 9.95. The number of esters is 1. The molecular weight excluding hydrogens is 405 g/mol. The van der Waals surface area contributed by atoms with E-state index in [0.717, 1.165) is 12.1 Å². The van der Waals surface area contributed by atoms with E-state index >= 15 is 0 Å². The second-order valence-corrected chi connectivity index (χ2v) is 7.01. The highest BCUT2D eigenvalue weighted by atomic mass is 19.1. The van der Waals surface area contributed by atoms with Crippen LogP contribution in [0, 0.1) is 5.82 Å². The molecule has 31 heavy (non-hydrogen) atoms. The normalized spacial score (nSPS) is 17.8. The molecule has 1 aliphatic heterocycles. The van der Waals surface area contributed by atoms with Crippen LogP contribution in [0.25, 0.3) is 5.76 Å². The number of rotatable bonds is 7. The van der Waals surface area contributed by atoms with E-state index in [1.54, 1.807) is 24.3 Å². The predicted molar refractivity (Wildman–Crippen MR) is 110 cm³/mol. The molecule has 0 bridgehead atoms. The molecule has 1 fully saturated rings. The van der Waals surface area contributed by atoms with Crippen molar-refractivity contribution >= 4 is 23.4 Å². The predicted octanol–water partition coefficient (Wildman–Crippen LogP) is 3.21. The first-order valence-electron chi connectivity index (χ1n) is 9.65. The summed E-state index contributed by atoms with van der Waals surface area (Å²) in [5.41, 5.74) is 0.684. The minimum absolute atomic E-state index is 0.0886. The maximum absolute atomic E-state index is 13.3. The summed E-state index contributed by atoms with van der Waals surface area (Å²) in [4.78, 5) is 38.1. The fourth-order valence-corrected chi connectivity index (χ4v) is 3.48. The molecule has 0 aliphatic carbocycles. The molecule has 1 saturated heterocycles. The Morgan fingerprint density at radius 2 is 1.74 bits per heavy atom. The Labute approximate surface area is 178 Å². The highest BCUT2D eigenvalue weighted by Crippen LogP contribution is 2.39. The summed E-state index contributed by atoms with van der Waals surface area (Å²) in [6, 6.07) is 10.5. The summed E-state index contributed by atoms with van der Waals surface area (Å²) in [6.07, 6.45) is 0.488. The number of ether oxygens (including phenoxy) is 2. The van der Waals surface area contributed by atoms with Crippen LogP contribution in [-0.4, -0.2) is 47.9 Å². The first-order valence-corrected chi connectivity index (χ1v) is 9.65. The number of aliphatic hydroxyl groups excluding tert-OH is 1. The quantitative estimate of drug-likeness (QED) is 0.182. The molecule has 1 amide bonds. The van der Waals surface area contributed by atoms with Gasteiger partial charge in [-0.3, -0.25) is 14.4 Å². The third-order valence-electron chi connectivity index (χ3n) is 4.86. The van der Waals surface area contributed by atoms with E-state index in [0.29, 0.717) is 24.3 Å². The van der Waals surface area contributed by atoms with Gasteiger partial charge in [-0.1, -0.05) is 12.1 Å². The summed E-state index contributed by atoms with van der Waals surface area (Å²) in [5, 5.41) is 10.9. The van der Waals surface area contributed by atoms with Gasteiger partial charge in [0.25, 0.3) is 11.7 Å². The van der Waals surface area contributed by atoms with Gasteiger partial charge in [0.05, 0.1) is 11.6 Å². The van der Waals surface area contributed by atoms with E-state index in [-0.39, 0.29) is 23.4 Å². The number of halogens is 1. The average Bonchev–Trinajstić information content (AvgIpc) is 2.99. The van der Waals surface area contributed by atoms with Crippen molar-refractivity contribution in [2.24, 2.45) is 0 Å². The summed E-state index contributed by atoms with van der Waals surface area (Å²) in [7, 11) is 1.54. The number of methoxy groups -OCH3 is 1. The molecular formula is C23H22FNO6. The van der Waals surface area contributed by atoms with Gasteiger partial charge < -0.3 is 19.5 Å². The summed E-state index contributed by atoms with van der Waals surface area (Å²) in [6.45, 7) is 1.90. The van der Waals surface area contributed by atoms with Crippen molar-refractivity contribution in [2.75, 3.05) is 20.3 Å². The second-order valence-electron chi connectivity index (χ2n) is 7.01. The summed E-state index contributed by atoms with van der Waals surface area (Å²) in [5.74, 6) is -2.61. The third-order valence-corrected chi connectivity index (χ3v) is 4.86. The molecule has 1 N–H and O–H groups in total. The molecule has 162 valence electrons. The minimum atomic E-state index is -0.853. The monoisotopic (exact) mass is 427 g/mol. The topological polar surface area (TPSA) is 93.1 Å². The standard InChI is InChI=1S/C23H22FNO6/c1-14(26)31-18-10-6-15(7-11-18)20-19(21(27)16-4-8-17(24)9-5-16)22(28)23(29)25(20)12-3-13-30-2/h4-11,20,27H,3,12-13H2,1-2H3/b21-19-. The summed E-state index contributed by atoms with van der Waals surface area (Å²) >= 11 is 0. The molecule has 1 unspecified atom stereocenters. The van der Waals surface area contributed by atoms with Gasteiger partial charge in [0.2, 0.25) is 0 Å². The van der Waals surface area contributed by atoms with Gasteiger partial charge in [-0.15, -0.1) is 0 Å². The van der Waals surface area contributed by atoms with E-state index < -0.39 is 29.5 Å². The van der Waals surface area contributed by atoms with Crippen molar-refractivity contribution in [3.05, 3.63) is 71.0 Å². The number of carbonyl (C=O) groups is 3. The largest absolute Gasteiger partial charge is 0.507 e. The third kappa shape index (κ3) is 4.80. The summed E-state index contributed by atoms with van der Waals surface area (Å²) < 4.78 is 23.4. The Kier molecular flexibility index (Phi) is 6.81. The smallest absolute Gasteiger partial charge is 0.308 e. The van der Waals surface area contributed by atoms with Crippen LogP contribution >= 0.6 is 0 Å². The van der Waals surface area contributed by atoms with Crippen molar-refractivity contribution in [3.8, 4) is 5.75 Å². The van der Waals surface area contributed by atoms with Gasteiger partial charge in [-0.2, -0.15) is 0 Å². The number of Topliss-reactive ketones (excluding diaryl/α,β-unsaturated/α-hetero) is 1. The fraction of sp³-hybridized carbons (Fsp3) is 0.261. The average molecular weight is 427 g/mol. The van der Waals surface area contributed by atoms with Crippen molar-refractivity contribution < 1.29 is 33.4 Å². The van der Waals surface area contributed by atoms with Crippen molar-refractivity contribution in [1.82, 2.24) is 4.90 Å². The van der Waals surface area contributed by atoms with E-state index in [4.69, 9.17) is 9.47 Å². The number of hydrogen-bond donors (Lipinski definition) is 1. The van der Waals surface area contributed by atoms with Crippen LogP contribution in [0.3, 0.4) is 0 Å². The molecule has 1 aliphatic rings. The lowest BCUT2D eigenvalue weighted by Gasteiger charge is -2.25. The number of amides is 1. The zero-order valence-corrected chi connectivity index (χ0v) is 17.1. The molecule has 1 heterocycles. The molecule has 8 heteroatoms. The lowest BCUT2D eigenvalue weighted by Crippen LogP contribution is -2.31. The maximum atomic E-state index is 13.3. The van der Waals surface area contributed by atoms with Crippen molar-refractivity contribution in [1.29, 1.82) is 0 Å². The number of likely N-dealkylation sites (tertiary alicyclic amines) is 1. The molecule has 3 rings (SSSR count). The minimum Gasteiger partial charge on any atom is -0.507 e. The van der Waals surface area contributed by atoms with Crippen LogP contribution in [0.4, 0.5) is 4.39 Å². The van der Waals surface area contributed by atoms with Crippen LogP contribution < -0.4 is 4.74 Å². The Balaban J connectivity index is 2.07. The van der Waals surface area contributed by atoms with Gasteiger partial charge in [-0.05, 0) is 48.4 Å². The van der Waals surface area contributed by atoms with Crippen LogP contribution in [0.2, 0.25) is 0 Å². The van der Waals surface area contributed by atoms with Gasteiger partial charge in [0, 0.05) is 32.7 Å². The van der Waals surface area contributed by atoms with Crippen LogP contribution in [0.5, 0.6) is 5.75 Å². The molecule has 0 radical (unpaired) electrons. The highest BCUT2D eigenvalue weighted by Gasteiger charge is 2.45. The van der Waals surface area contributed by atoms with E-state index in [9.17, 15) is 23.9 Å². The first kappa shape index (κ1) is 22.2. The van der Waals surface area contributed by atoms with Crippen molar-refractivity contribution in [3.63, 3.8) is 0 Å². The number of ketones is 1. The molecule has 0 spiro atoms. The van der Waals surface area contributed by atoms with Crippen LogP contribution in [0.15, 0.2) is 54.1 Å². The fourth-order valence-electron chi connectivity index (χ4n) is 3.48. The molecule has 2 aromatic rings. The van der Waals surface area contributed by atoms with Crippen LogP contribution in [0.1, 0.15) is 30.5 Å². The zero-order valence-electron chi connectivity index (χ0n) is 17.1. The second kappa shape index (κ2) is 9.53.